The van der Waals surface area contributed by atoms with Gasteiger partial charge in [-0.2, -0.15) is 0 Å². The lowest BCUT2D eigenvalue weighted by molar-refractivity contribution is -0.135. The molecular formula is C27H38NO8P. The Kier molecular flexibility index (Phi) is 10.0. The van der Waals surface area contributed by atoms with E-state index in [1.54, 1.807) is 65.8 Å². The van der Waals surface area contributed by atoms with Crippen molar-refractivity contribution in [3.63, 3.8) is 0 Å². The Bertz CT molecular complexity index is 1070. The summed E-state index contributed by atoms with van der Waals surface area (Å²) in [6, 6.07) is 14.4. The standard InChI is InChI=1S/C27H38NO8P/c1-20-14-9-11-16-22(20)35-37(31,36-23-17-12-10-15-21(23)2)19-13-18-28(24(29)32-26(3,4)5)34-25(30)33-27(6,7)8/h9-12,14-17H,13,18-19H2,1-8H3. The second-order valence-electron chi connectivity index (χ2n) is 10.5. The molecule has 204 valence electrons. The van der Waals surface area contributed by atoms with Crippen LogP contribution in [0.1, 0.15) is 59.1 Å². The Morgan fingerprint density at radius 3 is 1.68 bits per heavy atom. The molecule has 0 aromatic heterocycles. The summed E-state index contributed by atoms with van der Waals surface area (Å²) >= 11 is 0. The molecule has 0 aliphatic heterocycles. The monoisotopic (exact) mass is 535 g/mol. The SMILES string of the molecule is Cc1ccccc1OP(=O)(CCCN(OC(=O)OC(C)(C)C)C(=O)OC(C)(C)C)Oc1ccccc1C. The van der Waals surface area contributed by atoms with Gasteiger partial charge in [-0.05, 0) is 85.1 Å². The highest BCUT2D eigenvalue weighted by Gasteiger charge is 2.32. The van der Waals surface area contributed by atoms with Crippen molar-refractivity contribution in [1.29, 1.82) is 0 Å². The van der Waals surface area contributed by atoms with Crippen LogP contribution in [0.4, 0.5) is 9.59 Å². The first-order valence-corrected chi connectivity index (χ1v) is 13.8. The van der Waals surface area contributed by atoms with E-state index in [4.69, 9.17) is 23.4 Å². The summed E-state index contributed by atoms with van der Waals surface area (Å²) in [5.41, 5.74) is -0.0709. The van der Waals surface area contributed by atoms with Crippen LogP contribution in [-0.4, -0.2) is 41.2 Å². The van der Waals surface area contributed by atoms with Gasteiger partial charge in [0.1, 0.15) is 22.7 Å². The van der Waals surface area contributed by atoms with Crippen LogP contribution in [0.5, 0.6) is 11.5 Å². The van der Waals surface area contributed by atoms with E-state index in [2.05, 4.69) is 0 Å². The highest BCUT2D eigenvalue weighted by atomic mass is 31.2. The fraction of sp³-hybridized carbons (Fsp3) is 0.481. The van der Waals surface area contributed by atoms with Gasteiger partial charge in [-0.15, -0.1) is 5.06 Å². The number of rotatable bonds is 8. The quantitative estimate of drug-likeness (QED) is 0.195. The molecule has 1 amide bonds. The van der Waals surface area contributed by atoms with Crippen LogP contribution in [-0.2, 0) is 18.9 Å². The summed E-state index contributed by atoms with van der Waals surface area (Å²) in [7, 11) is -3.76. The molecule has 0 spiro atoms. The van der Waals surface area contributed by atoms with Gasteiger partial charge < -0.3 is 23.4 Å². The zero-order valence-electron chi connectivity index (χ0n) is 22.9. The Labute approximate surface area is 219 Å². The predicted molar refractivity (Wildman–Crippen MR) is 141 cm³/mol. The summed E-state index contributed by atoms with van der Waals surface area (Å²) in [5.74, 6) is 0.849. The molecule has 0 heterocycles. The highest BCUT2D eigenvalue weighted by Crippen LogP contribution is 2.50. The van der Waals surface area contributed by atoms with E-state index in [0.717, 1.165) is 16.2 Å². The van der Waals surface area contributed by atoms with Crippen LogP contribution in [0.15, 0.2) is 48.5 Å². The average Bonchev–Trinajstić information content (AvgIpc) is 2.74. The minimum atomic E-state index is -3.76. The lowest BCUT2D eigenvalue weighted by Crippen LogP contribution is -2.40. The minimum absolute atomic E-state index is 0.0767. The maximum atomic E-state index is 13.9. The first-order chi connectivity index (χ1) is 17.1. The molecule has 0 saturated heterocycles. The molecule has 0 fully saturated rings. The molecule has 0 radical (unpaired) electrons. The second kappa shape index (κ2) is 12.4. The van der Waals surface area contributed by atoms with Gasteiger partial charge in [0.15, 0.2) is 0 Å². The molecule has 0 atom stereocenters. The highest BCUT2D eigenvalue weighted by molar-refractivity contribution is 7.54. The second-order valence-corrected chi connectivity index (χ2v) is 12.6. The van der Waals surface area contributed by atoms with Crippen molar-refractivity contribution < 1.29 is 37.5 Å². The Morgan fingerprint density at radius 2 is 1.24 bits per heavy atom. The van der Waals surface area contributed by atoms with Crippen molar-refractivity contribution in [1.82, 2.24) is 5.06 Å². The van der Waals surface area contributed by atoms with E-state index in [9.17, 15) is 14.2 Å². The Hall–Kier alpha value is -3.19. The third kappa shape index (κ3) is 10.8. The van der Waals surface area contributed by atoms with Gasteiger partial charge >= 0.3 is 19.8 Å². The Morgan fingerprint density at radius 1 is 0.784 bits per heavy atom. The average molecular weight is 536 g/mol. The first-order valence-electron chi connectivity index (χ1n) is 12.1. The fourth-order valence-corrected chi connectivity index (χ4v) is 4.74. The maximum Gasteiger partial charge on any atom is 0.534 e. The fourth-order valence-electron chi connectivity index (χ4n) is 2.98. The van der Waals surface area contributed by atoms with Crippen LogP contribution in [0, 0.1) is 13.8 Å². The number of benzene rings is 2. The minimum Gasteiger partial charge on any atom is -0.442 e. The topological polar surface area (TPSA) is 101 Å². The molecule has 0 saturated carbocycles. The molecule has 37 heavy (non-hydrogen) atoms. The summed E-state index contributed by atoms with van der Waals surface area (Å²) in [5, 5.41) is 0.755. The molecule has 2 aromatic rings. The first kappa shape index (κ1) is 30.0. The number of nitrogens with zero attached hydrogens (tertiary/aromatic N) is 1. The third-order valence-corrected chi connectivity index (χ3v) is 6.44. The molecule has 2 aromatic carbocycles. The molecular weight excluding hydrogens is 497 g/mol. The molecule has 9 nitrogen and oxygen atoms in total. The van der Waals surface area contributed by atoms with Gasteiger partial charge in [0.25, 0.3) is 0 Å². The lowest BCUT2D eigenvalue weighted by Gasteiger charge is -2.27. The number of hydroxylamine groups is 2. The van der Waals surface area contributed by atoms with Crippen LogP contribution < -0.4 is 9.05 Å². The van der Waals surface area contributed by atoms with Gasteiger partial charge in [-0.3, -0.25) is 0 Å². The van der Waals surface area contributed by atoms with Crippen LogP contribution in [0.2, 0.25) is 0 Å². The predicted octanol–water partition coefficient (Wildman–Crippen LogP) is 7.45. The number of hydrogen-bond donors (Lipinski definition) is 0. The summed E-state index contributed by atoms with van der Waals surface area (Å²) in [6.45, 7) is 13.6. The molecule has 0 aliphatic carbocycles. The Balaban J connectivity index is 2.22. The number of hydrogen-bond acceptors (Lipinski definition) is 8. The molecule has 0 bridgehead atoms. The van der Waals surface area contributed by atoms with Crippen LogP contribution in [0.3, 0.4) is 0 Å². The van der Waals surface area contributed by atoms with Gasteiger partial charge in [0, 0.05) is 0 Å². The van der Waals surface area contributed by atoms with Crippen molar-refractivity contribution in [2.75, 3.05) is 12.7 Å². The number of amides is 1. The van der Waals surface area contributed by atoms with E-state index >= 15 is 0 Å². The maximum absolute atomic E-state index is 13.9. The third-order valence-electron chi connectivity index (χ3n) is 4.63. The van der Waals surface area contributed by atoms with Gasteiger partial charge in [0.2, 0.25) is 0 Å². The van der Waals surface area contributed by atoms with Crippen molar-refractivity contribution in [2.24, 2.45) is 0 Å². The van der Waals surface area contributed by atoms with Crippen molar-refractivity contribution in [3.8, 4) is 11.5 Å². The summed E-state index contributed by atoms with van der Waals surface area (Å²) in [6.07, 6.45) is -1.91. The van der Waals surface area contributed by atoms with Crippen LogP contribution >= 0.6 is 7.60 Å². The largest absolute Gasteiger partial charge is 0.534 e. The number of aryl methyl sites for hydroxylation is 2. The van der Waals surface area contributed by atoms with Crippen molar-refractivity contribution in [2.45, 2.75) is 73.0 Å². The van der Waals surface area contributed by atoms with Crippen molar-refractivity contribution in [3.05, 3.63) is 59.7 Å². The van der Waals surface area contributed by atoms with Crippen molar-refractivity contribution >= 4 is 19.8 Å². The molecule has 0 N–H and O–H groups in total. The number of para-hydroxylation sites is 2. The summed E-state index contributed by atoms with van der Waals surface area (Å²) < 4.78 is 36.3. The molecule has 0 unspecified atom stereocenters. The zero-order valence-corrected chi connectivity index (χ0v) is 23.8. The van der Waals surface area contributed by atoms with E-state index in [-0.39, 0.29) is 19.1 Å². The van der Waals surface area contributed by atoms with Gasteiger partial charge in [-0.25, -0.2) is 14.2 Å². The smallest absolute Gasteiger partial charge is 0.442 e. The number of ether oxygens (including phenoxy) is 2. The molecule has 0 aliphatic rings. The van der Waals surface area contributed by atoms with E-state index < -0.39 is 31.0 Å². The van der Waals surface area contributed by atoms with E-state index in [1.807, 2.05) is 38.1 Å². The van der Waals surface area contributed by atoms with E-state index in [0.29, 0.717) is 11.5 Å². The lowest BCUT2D eigenvalue weighted by atomic mass is 10.2. The van der Waals surface area contributed by atoms with Gasteiger partial charge in [-0.1, -0.05) is 36.4 Å². The van der Waals surface area contributed by atoms with E-state index in [1.165, 1.54) is 0 Å². The zero-order chi connectivity index (χ0) is 27.9. The molecule has 10 heteroatoms. The molecule has 2 rings (SSSR count). The normalized spacial score (nSPS) is 11.9. The number of carbonyl (C=O) groups excluding carboxylic acids is 2. The summed E-state index contributed by atoms with van der Waals surface area (Å²) in [4.78, 5) is 30.1. The number of carbonyl (C=O) groups is 2. The van der Waals surface area contributed by atoms with Gasteiger partial charge in [0.05, 0.1) is 12.7 Å². The van der Waals surface area contributed by atoms with Crippen LogP contribution in [0.25, 0.3) is 0 Å².